The second-order valence-electron chi connectivity index (χ2n) is 5.03. The first-order valence-corrected chi connectivity index (χ1v) is 7.36. The molecule has 0 atom stereocenters. The van der Waals surface area contributed by atoms with E-state index >= 15 is 0 Å². The van der Waals surface area contributed by atoms with Gasteiger partial charge in [0.25, 0.3) is 0 Å². The van der Waals surface area contributed by atoms with Crippen LogP contribution in [-0.2, 0) is 4.79 Å². The summed E-state index contributed by atoms with van der Waals surface area (Å²) >= 11 is 4.67. The van der Waals surface area contributed by atoms with Gasteiger partial charge < -0.3 is 5.32 Å². The topological polar surface area (TPSA) is 29.1 Å². The molecule has 1 aromatic rings. The first-order chi connectivity index (χ1) is 8.19. The largest absolute Gasteiger partial charge is 0.325 e. The van der Waals surface area contributed by atoms with Crippen LogP contribution in [0.1, 0.15) is 26.3 Å². The molecule has 0 saturated heterocycles. The molecule has 0 unspecified atom stereocenters. The van der Waals surface area contributed by atoms with Gasteiger partial charge in [0.05, 0.1) is 10.2 Å². The van der Waals surface area contributed by atoms with Gasteiger partial charge in [-0.1, -0.05) is 20.8 Å². The third-order valence-electron chi connectivity index (χ3n) is 2.18. The zero-order chi connectivity index (χ0) is 13.9. The Balaban J connectivity index is 2.68. The van der Waals surface area contributed by atoms with Gasteiger partial charge >= 0.3 is 0 Å². The minimum atomic E-state index is -0.376. The van der Waals surface area contributed by atoms with Crippen LogP contribution in [0, 0.1) is 12.7 Å². The predicted octanol–water partition coefficient (Wildman–Crippen LogP) is 4.37. The molecule has 1 N–H and O–H groups in total. The number of aryl methyl sites for hydroxylation is 1. The van der Waals surface area contributed by atoms with E-state index < -0.39 is 0 Å². The first kappa shape index (κ1) is 15.5. The SMILES string of the molecule is Cc1cc(Br)c(F)cc1NC(=O)CSC(C)(C)C. The van der Waals surface area contributed by atoms with E-state index in [1.807, 2.05) is 6.92 Å². The molecule has 5 heteroatoms. The summed E-state index contributed by atoms with van der Waals surface area (Å²) in [7, 11) is 0. The number of amides is 1. The lowest BCUT2D eigenvalue weighted by molar-refractivity contribution is -0.113. The average molecular weight is 334 g/mol. The lowest BCUT2D eigenvalue weighted by atomic mass is 10.2. The Morgan fingerprint density at radius 1 is 1.44 bits per heavy atom. The second-order valence-corrected chi connectivity index (χ2v) is 7.69. The van der Waals surface area contributed by atoms with Gasteiger partial charge in [-0.15, -0.1) is 11.8 Å². The molecule has 0 aliphatic heterocycles. The molecule has 0 radical (unpaired) electrons. The molecule has 0 aliphatic rings. The normalized spacial score (nSPS) is 11.4. The van der Waals surface area contributed by atoms with Crippen molar-refractivity contribution in [1.29, 1.82) is 0 Å². The first-order valence-electron chi connectivity index (χ1n) is 5.58. The molecule has 0 heterocycles. The van der Waals surface area contributed by atoms with Crippen LogP contribution in [-0.4, -0.2) is 16.4 Å². The monoisotopic (exact) mass is 333 g/mol. The standard InChI is InChI=1S/C13H17BrFNOS/c1-8-5-9(14)10(15)6-11(8)16-12(17)7-18-13(2,3)4/h5-6H,7H2,1-4H3,(H,16,17). The van der Waals surface area contributed by atoms with E-state index in [4.69, 9.17) is 0 Å². The molecule has 100 valence electrons. The number of rotatable bonds is 3. The smallest absolute Gasteiger partial charge is 0.234 e. The van der Waals surface area contributed by atoms with Gasteiger partial charge in [0, 0.05) is 10.4 Å². The molecule has 2 nitrogen and oxygen atoms in total. The van der Waals surface area contributed by atoms with E-state index in [-0.39, 0.29) is 16.5 Å². The summed E-state index contributed by atoms with van der Waals surface area (Å²) in [5.74, 6) is -0.125. The van der Waals surface area contributed by atoms with Crippen LogP contribution in [0.3, 0.4) is 0 Å². The lowest BCUT2D eigenvalue weighted by Gasteiger charge is -2.17. The maximum Gasteiger partial charge on any atom is 0.234 e. The quantitative estimate of drug-likeness (QED) is 0.889. The summed E-state index contributed by atoms with van der Waals surface area (Å²) in [6, 6.07) is 2.99. The third kappa shape index (κ3) is 4.98. The maximum atomic E-state index is 13.4. The third-order valence-corrected chi connectivity index (χ3v) is 4.06. The summed E-state index contributed by atoms with van der Waals surface area (Å²) in [4.78, 5) is 11.7. The van der Waals surface area contributed by atoms with Crippen LogP contribution in [0.4, 0.5) is 10.1 Å². The molecule has 1 aromatic carbocycles. The summed E-state index contributed by atoms with van der Waals surface area (Å²) in [6.07, 6.45) is 0. The Kier molecular flexibility index (Phi) is 5.22. The van der Waals surface area contributed by atoms with E-state index in [0.717, 1.165) is 5.56 Å². The van der Waals surface area contributed by atoms with Crippen LogP contribution in [0.15, 0.2) is 16.6 Å². The maximum absolute atomic E-state index is 13.4. The summed E-state index contributed by atoms with van der Waals surface area (Å²) in [6.45, 7) is 7.98. The van der Waals surface area contributed by atoms with Gasteiger partial charge in [-0.2, -0.15) is 0 Å². The van der Waals surface area contributed by atoms with Gasteiger partial charge in [0.2, 0.25) is 5.91 Å². The van der Waals surface area contributed by atoms with Crippen molar-refractivity contribution >= 4 is 39.3 Å². The number of carbonyl (C=O) groups excluding carboxylic acids is 1. The molecule has 0 fully saturated rings. The predicted molar refractivity (Wildman–Crippen MR) is 79.7 cm³/mol. The fraction of sp³-hybridized carbons (Fsp3) is 0.462. The number of hydrogen-bond acceptors (Lipinski definition) is 2. The van der Waals surface area contributed by atoms with E-state index in [1.54, 1.807) is 17.8 Å². The minimum absolute atomic E-state index is 0.0390. The summed E-state index contributed by atoms with van der Waals surface area (Å²) < 4.78 is 13.8. The molecule has 0 spiro atoms. The number of benzene rings is 1. The highest BCUT2D eigenvalue weighted by molar-refractivity contribution is 9.10. The zero-order valence-corrected chi connectivity index (χ0v) is 13.3. The van der Waals surface area contributed by atoms with Crippen molar-refractivity contribution in [3.05, 3.63) is 28.0 Å². The highest BCUT2D eigenvalue weighted by atomic mass is 79.9. The van der Waals surface area contributed by atoms with Crippen LogP contribution in [0.25, 0.3) is 0 Å². The van der Waals surface area contributed by atoms with Crippen LogP contribution >= 0.6 is 27.7 Å². The fourth-order valence-corrected chi connectivity index (χ4v) is 2.34. The number of halogens is 2. The van der Waals surface area contributed by atoms with Gasteiger partial charge in [-0.25, -0.2) is 4.39 Å². The summed E-state index contributed by atoms with van der Waals surface area (Å²) in [5.41, 5.74) is 1.35. The van der Waals surface area contributed by atoms with Crippen molar-refractivity contribution in [3.63, 3.8) is 0 Å². The van der Waals surface area contributed by atoms with Crippen molar-refractivity contribution in [3.8, 4) is 0 Å². The Hall–Kier alpha value is -0.550. The Morgan fingerprint density at radius 2 is 2.06 bits per heavy atom. The Labute approximate surface area is 120 Å². The lowest BCUT2D eigenvalue weighted by Crippen LogP contribution is -2.19. The van der Waals surface area contributed by atoms with Crippen LogP contribution in [0.2, 0.25) is 0 Å². The van der Waals surface area contributed by atoms with Gasteiger partial charge in [0.1, 0.15) is 5.82 Å². The minimum Gasteiger partial charge on any atom is -0.325 e. The molecule has 1 rings (SSSR count). The van der Waals surface area contributed by atoms with Gasteiger partial charge in [-0.05, 0) is 40.5 Å². The van der Waals surface area contributed by atoms with E-state index in [9.17, 15) is 9.18 Å². The molecule has 0 aliphatic carbocycles. The van der Waals surface area contributed by atoms with Crippen molar-refractivity contribution in [2.45, 2.75) is 32.4 Å². The molecule has 0 saturated carbocycles. The number of carbonyl (C=O) groups is 1. The van der Waals surface area contributed by atoms with E-state index in [1.165, 1.54) is 6.07 Å². The van der Waals surface area contributed by atoms with Crippen LogP contribution < -0.4 is 5.32 Å². The highest BCUT2D eigenvalue weighted by Gasteiger charge is 2.14. The number of hydrogen-bond donors (Lipinski definition) is 1. The fourth-order valence-electron chi connectivity index (χ4n) is 1.25. The summed E-state index contributed by atoms with van der Waals surface area (Å²) in [5, 5.41) is 2.73. The van der Waals surface area contributed by atoms with Crippen molar-refractivity contribution < 1.29 is 9.18 Å². The Bertz CT molecular complexity index is 457. The number of nitrogens with one attached hydrogen (secondary N) is 1. The van der Waals surface area contributed by atoms with Crippen molar-refractivity contribution in [2.24, 2.45) is 0 Å². The van der Waals surface area contributed by atoms with Gasteiger partial charge in [-0.3, -0.25) is 4.79 Å². The average Bonchev–Trinajstić information content (AvgIpc) is 2.22. The van der Waals surface area contributed by atoms with E-state index in [2.05, 4.69) is 42.0 Å². The molecular weight excluding hydrogens is 317 g/mol. The highest BCUT2D eigenvalue weighted by Crippen LogP contribution is 2.26. The Morgan fingerprint density at radius 3 is 2.61 bits per heavy atom. The van der Waals surface area contributed by atoms with Crippen molar-refractivity contribution in [1.82, 2.24) is 0 Å². The molecule has 0 bridgehead atoms. The van der Waals surface area contributed by atoms with Gasteiger partial charge in [0.15, 0.2) is 0 Å². The molecule has 1 amide bonds. The van der Waals surface area contributed by atoms with Crippen molar-refractivity contribution in [2.75, 3.05) is 11.1 Å². The second kappa shape index (κ2) is 6.06. The molecule has 0 aromatic heterocycles. The molecular formula is C13H17BrFNOS. The molecule has 18 heavy (non-hydrogen) atoms. The van der Waals surface area contributed by atoms with E-state index in [0.29, 0.717) is 15.9 Å². The number of thioether (sulfide) groups is 1. The zero-order valence-electron chi connectivity index (χ0n) is 10.9. The van der Waals surface area contributed by atoms with Crippen LogP contribution in [0.5, 0.6) is 0 Å². The number of anilines is 1.